The maximum absolute atomic E-state index is 12.7. The molecule has 3 N–H and O–H groups in total. The highest BCUT2D eigenvalue weighted by Crippen LogP contribution is 2.41. The van der Waals surface area contributed by atoms with E-state index in [4.69, 9.17) is 0 Å². The van der Waals surface area contributed by atoms with Crippen molar-refractivity contribution >= 4 is 32.5 Å². The van der Waals surface area contributed by atoms with Crippen LogP contribution in [0.3, 0.4) is 0 Å². The van der Waals surface area contributed by atoms with Gasteiger partial charge in [0.15, 0.2) is 0 Å². The maximum atomic E-state index is 12.7. The molecule has 0 spiro atoms. The zero-order chi connectivity index (χ0) is 22.2. The van der Waals surface area contributed by atoms with E-state index in [9.17, 15) is 28.5 Å². The Hall–Kier alpha value is -4.04. The van der Waals surface area contributed by atoms with Gasteiger partial charge in [-0.2, -0.15) is 0 Å². The average molecular weight is 434 g/mol. The molecule has 4 aromatic rings. The number of nitrogens with one attached hydrogen (secondary N) is 1. The summed E-state index contributed by atoms with van der Waals surface area (Å²) in [6, 6.07) is 19.3. The second kappa shape index (κ2) is 7.66. The van der Waals surface area contributed by atoms with Crippen molar-refractivity contribution in [3.63, 3.8) is 0 Å². The van der Waals surface area contributed by atoms with Gasteiger partial charge in [0.2, 0.25) is 0 Å². The van der Waals surface area contributed by atoms with Gasteiger partial charge >= 0.3 is 0 Å². The van der Waals surface area contributed by atoms with Crippen LogP contribution in [0.4, 0.5) is 5.69 Å². The fraction of sp³-hybridized carbons (Fsp3) is 0. The maximum Gasteiger partial charge on any atom is 0.261 e. The second-order valence-corrected chi connectivity index (χ2v) is 8.51. The molecular formula is C23H16NO6S-. The van der Waals surface area contributed by atoms with Crippen LogP contribution >= 0.6 is 0 Å². The number of benzene rings is 4. The van der Waals surface area contributed by atoms with E-state index in [0.29, 0.717) is 10.9 Å². The van der Waals surface area contributed by atoms with Crippen LogP contribution in [0.25, 0.3) is 21.9 Å². The zero-order valence-electron chi connectivity index (χ0n) is 15.9. The summed E-state index contributed by atoms with van der Waals surface area (Å²) in [4.78, 5) is 10.7. The number of phenols is 2. The van der Waals surface area contributed by atoms with E-state index in [0.717, 1.165) is 29.7 Å². The van der Waals surface area contributed by atoms with Crippen LogP contribution in [0.5, 0.6) is 11.5 Å². The molecule has 7 nitrogen and oxygen atoms in total. The topological polar surface area (TPSA) is 127 Å². The number of phenolic OH excluding ortho intramolecular Hbond substituents is 2. The zero-order valence-corrected chi connectivity index (χ0v) is 16.8. The van der Waals surface area contributed by atoms with E-state index < -0.39 is 16.0 Å². The summed E-state index contributed by atoms with van der Waals surface area (Å²) < 4.78 is 27.8. The van der Waals surface area contributed by atoms with Crippen LogP contribution in [0.1, 0.15) is 10.4 Å². The Balaban J connectivity index is 1.76. The normalized spacial score (nSPS) is 11.4. The number of fused-ring (bicyclic) bond motifs is 1. The van der Waals surface area contributed by atoms with E-state index >= 15 is 0 Å². The lowest BCUT2D eigenvalue weighted by Crippen LogP contribution is -2.22. The summed E-state index contributed by atoms with van der Waals surface area (Å²) in [5.74, 6) is -1.60. The van der Waals surface area contributed by atoms with Crippen molar-refractivity contribution in [2.24, 2.45) is 0 Å². The van der Waals surface area contributed by atoms with Gasteiger partial charge in [0.25, 0.3) is 10.0 Å². The Morgan fingerprint density at radius 3 is 2.23 bits per heavy atom. The van der Waals surface area contributed by atoms with Gasteiger partial charge in [-0.1, -0.05) is 42.5 Å². The third kappa shape index (κ3) is 3.88. The SMILES string of the molecule is O=C([O-])c1ccc(S(=O)(=O)Nc2ccc(O)c(-c3c(O)ccc4ccccc34)c2)cc1. The van der Waals surface area contributed by atoms with Crippen molar-refractivity contribution in [1.82, 2.24) is 0 Å². The van der Waals surface area contributed by atoms with Gasteiger partial charge in [-0.15, -0.1) is 0 Å². The van der Waals surface area contributed by atoms with Crippen LogP contribution in [-0.2, 0) is 10.0 Å². The summed E-state index contributed by atoms with van der Waals surface area (Å²) >= 11 is 0. The lowest BCUT2D eigenvalue weighted by atomic mass is 9.96. The highest BCUT2D eigenvalue weighted by Gasteiger charge is 2.18. The number of carboxylic acids is 1. The molecule has 0 radical (unpaired) electrons. The van der Waals surface area contributed by atoms with Gasteiger partial charge in [-0.25, -0.2) is 8.42 Å². The standard InChI is InChI=1S/C23H17NO6S/c25-20-12-8-16(24-31(29,30)17-9-5-15(6-10-17)23(27)28)13-19(20)22-18-4-2-1-3-14(18)7-11-21(22)26/h1-13,24-26H,(H,27,28)/p-1. The minimum Gasteiger partial charge on any atom is -0.545 e. The molecule has 0 aliphatic rings. The number of anilines is 1. The molecule has 0 aliphatic heterocycles. The predicted octanol–water partition coefficient (Wildman–Crippen LogP) is 3.08. The lowest BCUT2D eigenvalue weighted by Gasteiger charge is -2.14. The summed E-state index contributed by atoms with van der Waals surface area (Å²) in [6.45, 7) is 0. The van der Waals surface area contributed by atoms with Crippen molar-refractivity contribution in [2.45, 2.75) is 4.90 Å². The number of aromatic hydroxyl groups is 2. The molecule has 156 valence electrons. The Kier molecular flexibility index (Phi) is 5.00. The van der Waals surface area contributed by atoms with Crippen molar-refractivity contribution in [2.75, 3.05) is 4.72 Å². The van der Waals surface area contributed by atoms with Crippen LogP contribution < -0.4 is 9.83 Å². The first-order chi connectivity index (χ1) is 14.8. The van der Waals surface area contributed by atoms with E-state index in [2.05, 4.69) is 4.72 Å². The third-order valence-electron chi connectivity index (χ3n) is 4.83. The molecule has 0 fully saturated rings. The fourth-order valence-electron chi connectivity index (χ4n) is 3.33. The Morgan fingerprint density at radius 2 is 1.52 bits per heavy atom. The van der Waals surface area contributed by atoms with E-state index in [1.807, 2.05) is 12.1 Å². The molecule has 0 atom stereocenters. The molecule has 4 rings (SSSR count). The molecule has 0 unspecified atom stereocenters. The molecule has 0 saturated heterocycles. The van der Waals surface area contributed by atoms with Crippen molar-refractivity contribution < 1.29 is 28.5 Å². The van der Waals surface area contributed by atoms with Crippen molar-refractivity contribution in [3.8, 4) is 22.6 Å². The van der Waals surface area contributed by atoms with Crippen molar-refractivity contribution in [3.05, 3.63) is 84.4 Å². The first-order valence-electron chi connectivity index (χ1n) is 9.14. The number of aromatic carboxylic acids is 1. The Labute approximate surface area is 177 Å². The van der Waals surface area contributed by atoms with E-state index in [-0.39, 0.29) is 33.2 Å². The number of rotatable bonds is 5. The molecule has 0 aliphatic carbocycles. The molecule has 0 aromatic heterocycles. The lowest BCUT2D eigenvalue weighted by molar-refractivity contribution is -0.255. The molecule has 0 amide bonds. The molecule has 31 heavy (non-hydrogen) atoms. The van der Waals surface area contributed by atoms with Gasteiger partial charge in [0.1, 0.15) is 11.5 Å². The number of carboxylic acid groups (broad SMARTS) is 1. The largest absolute Gasteiger partial charge is 0.545 e. The Bertz CT molecular complexity index is 1410. The number of carbonyl (C=O) groups excluding carboxylic acids is 1. The van der Waals surface area contributed by atoms with E-state index in [1.54, 1.807) is 18.2 Å². The minimum absolute atomic E-state index is 0.0631. The predicted molar refractivity (Wildman–Crippen MR) is 114 cm³/mol. The molecule has 0 heterocycles. The van der Waals surface area contributed by atoms with E-state index in [1.165, 1.54) is 24.3 Å². The molecule has 4 aromatic carbocycles. The Morgan fingerprint density at radius 1 is 0.839 bits per heavy atom. The van der Waals surface area contributed by atoms with Gasteiger partial charge in [-0.05, 0) is 52.7 Å². The number of hydrogen-bond acceptors (Lipinski definition) is 6. The van der Waals surface area contributed by atoms with Crippen LogP contribution in [0.2, 0.25) is 0 Å². The van der Waals surface area contributed by atoms with Gasteiger partial charge in [0, 0.05) is 16.8 Å². The number of sulfonamides is 1. The fourth-order valence-corrected chi connectivity index (χ4v) is 4.38. The number of carbonyl (C=O) groups is 1. The molecule has 8 heteroatoms. The average Bonchev–Trinajstić information content (AvgIpc) is 2.75. The summed E-state index contributed by atoms with van der Waals surface area (Å²) in [5.41, 5.74) is 0.637. The third-order valence-corrected chi connectivity index (χ3v) is 6.22. The highest BCUT2D eigenvalue weighted by molar-refractivity contribution is 7.92. The van der Waals surface area contributed by atoms with Crippen molar-refractivity contribution in [1.29, 1.82) is 0 Å². The first kappa shape index (κ1) is 20.2. The van der Waals surface area contributed by atoms with Crippen LogP contribution in [0, 0.1) is 0 Å². The van der Waals surface area contributed by atoms with Crippen LogP contribution in [0.15, 0.2) is 83.8 Å². The molecule has 0 saturated carbocycles. The summed E-state index contributed by atoms with van der Waals surface area (Å²) in [7, 11) is -4.03. The second-order valence-electron chi connectivity index (χ2n) is 6.83. The first-order valence-corrected chi connectivity index (χ1v) is 10.6. The van der Waals surface area contributed by atoms with Gasteiger partial charge < -0.3 is 20.1 Å². The molecule has 0 bridgehead atoms. The highest BCUT2D eigenvalue weighted by atomic mass is 32.2. The number of hydrogen-bond donors (Lipinski definition) is 3. The monoisotopic (exact) mass is 434 g/mol. The summed E-state index contributed by atoms with van der Waals surface area (Å²) in [5, 5.41) is 33.3. The molecular weight excluding hydrogens is 418 g/mol. The minimum atomic E-state index is -4.03. The smallest absolute Gasteiger partial charge is 0.261 e. The van der Waals surface area contributed by atoms with Gasteiger partial charge in [-0.3, -0.25) is 4.72 Å². The quantitative estimate of drug-likeness (QED) is 0.414. The van der Waals surface area contributed by atoms with Gasteiger partial charge in [0.05, 0.1) is 10.9 Å². The van der Waals surface area contributed by atoms with Crippen LogP contribution in [-0.4, -0.2) is 24.6 Å². The summed E-state index contributed by atoms with van der Waals surface area (Å²) in [6.07, 6.45) is 0.